The first-order valence-corrected chi connectivity index (χ1v) is 7.55. The van der Waals surface area contributed by atoms with Crippen molar-refractivity contribution in [2.45, 2.75) is 38.0 Å². The molecule has 1 fully saturated rings. The van der Waals surface area contributed by atoms with Gasteiger partial charge >= 0.3 is 0 Å². The normalized spacial score (nSPS) is 23.1. The number of hydrogen-bond donors (Lipinski definition) is 1. The molecule has 1 saturated carbocycles. The van der Waals surface area contributed by atoms with Gasteiger partial charge in [0.15, 0.2) is 0 Å². The predicted molar refractivity (Wildman–Crippen MR) is 80.1 cm³/mol. The monoisotopic (exact) mass is 299 g/mol. The molecule has 1 N–H and O–H groups in total. The van der Waals surface area contributed by atoms with E-state index in [1.54, 1.807) is 6.07 Å². The average Bonchev–Trinajstić information content (AvgIpc) is 2.36. The van der Waals surface area contributed by atoms with Crippen LogP contribution in [-0.4, -0.2) is 17.8 Å². The summed E-state index contributed by atoms with van der Waals surface area (Å²) in [7, 11) is 0. The third-order valence-electron chi connectivity index (χ3n) is 3.63. The molecule has 1 aromatic rings. The lowest BCUT2D eigenvalue weighted by atomic mass is 9.89. The molecule has 0 atom stereocenters. The van der Waals surface area contributed by atoms with Crippen LogP contribution >= 0.6 is 23.2 Å². The summed E-state index contributed by atoms with van der Waals surface area (Å²) < 4.78 is 0. The number of aryl methyl sites for hydroxylation is 1. The van der Waals surface area contributed by atoms with Crippen LogP contribution in [0, 0.1) is 12.8 Å². The third kappa shape index (κ3) is 4.39. The number of rotatable bonds is 3. The van der Waals surface area contributed by atoms with Gasteiger partial charge in [0.1, 0.15) is 0 Å². The molecule has 0 aliphatic heterocycles. The molecule has 0 aromatic heterocycles. The number of alkyl halides is 1. The van der Waals surface area contributed by atoms with Gasteiger partial charge in [-0.25, -0.2) is 0 Å². The molecule has 0 unspecified atom stereocenters. The lowest BCUT2D eigenvalue weighted by Crippen LogP contribution is -2.31. The van der Waals surface area contributed by atoms with E-state index in [9.17, 15) is 4.79 Å². The summed E-state index contributed by atoms with van der Waals surface area (Å²) >= 11 is 12.0. The fourth-order valence-corrected chi connectivity index (χ4v) is 3.07. The minimum Gasteiger partial charge on any atom is -0.352 e. The highest BCUT2D eigenvalue weighted by atomic mass is 35.5. The van der Waals surface area contributed by atoms with Gasteiger partial charge in [-0.1, -0.05) is 11.6 Å². The van der Waals surface area contributed by atoms with Crippen molar-refractivity contribution in [2.24, 2.45) is 5.92 Å². The molecular formula is C15H19Cl2NO. The Morgan fingerprint density at radius 1 is 1.26 bits per heavy atom. The van der Waals surface area contributed by atoms with E-state index in [0.29, 0.717) is 21.9 Å². The maximum absolute atomic E-state index is 12.1. The summed E-state index contributed by atoms with van der Waals surface area (Å²) in [5.41, 5.74) is 1.64. The number of carbonyl (C=O) groups is 1. The van der Waals surface area contributed by atoms with E-state index >= 15 is 0 Å². The van der Waals surface area contributed by atoms with Gasteiger partial charge in [0.2, 0.25) is 0 Å². The van der Waals surface area contributed by atoms with Crippen LogP contribution in [0.5, 0.6) is 0 Å². The molecule has 1 amide bonds. The molecular weight excluding hydrogens is 281 g/mol. The van der Waals surface area contributed by atoms with Gasteiger partial charge in [-0.05, 0) is 62.3 Å². The Bertz CT molecular complexity index is 433. The first-order valence-electron chi connectivity index (χ1n) is 6.74. The van der Waals surface area contributed by atoms with Crippen molar-refractivity contribution in [1.29, 1.82) is 0 Å². The maximum atomic E-state index is 12.1. The summed E-state index contributed by atoms with van der Waals surface area (Å²) in [6, 6.07) is 5.41. The van der Waals surface area contributed by atoms with Gasteiger partial charge in [0, 0.05) is 22.5 Å². The van der Waals surface area contributed by atoms with Gasteiger partial charge in [-0.3, -0.25) is 4.79 Å². The molecule has 104 valence electrons. The Hall–Kier alpha value is -0.730. The first-order chi connectivity index (χ1) is 9.04. The highest BCUT2D eigenvalue weighted by molar-refractivity contribution is 6.31. The molecule has 2 nitrogen and oxygen atoms in total. The number of hydrogen-bond acceptors (Lipinski definition) is 1. The third-order valence-corrected chi connectivity index (χ3v) is 4.29. The smallest absolute Gasteiger partial charge is 0.251 e. The fourth-order valence-electron chi connectivity index (χ4n) is 2.53. The van der Waals surface area contributed by atoms with Gasteiger partial charge < -0.3 is 5.32 Å². The summed E-state index contributed by atoms with van der Waals surface area (Å²) in [6.45, 7) is 2.67. The standard InChI is InChI=1S/C15H19Cl2NO/c1-10-6-12(8-14(17)7-10)15(19)18-9-11-2-4-13(16)5-3-11/h6-8,11,13H,2-5,9H2,1H3,(H,18,19). The zero-order chi connectivity index (χ0) is 13.8. The zero-order valence-electron chi connectivity index (χ0n) is 11.1. The van der Waals surface area contributed by atoms with Crippen molar-refractivity contribution in [3.8, 4) is 0 Å². The summed E-state index contributed by atoms with van der Waals surface area (Å²) in [4.78, 5) is 12.1. The van der Waals surface area contributed by atoms with Gasteiger partial charge in [0.05, 0.1) is 0 Å². The van der Waals surface area contributed by atoms with E-state index in [0.717, 1.165) is 37.8 Å². The van der Waals surface area contributed by atoms with Crippen LogP contribution < -0.4 is 5.32 Å². The lowest BCUT2D eigenvalue weighted by Gasteiger charge is -2.25. The van der Waals surface area contributed by atoms with Crippen molar-refractivity contribution in [3.05, 3.63) is 34.3 Å². The average molecular weight is 300 g/mol. The number of benzene rings is 1. The predicted octanol–water partition coefficient (Wildman–Crippen LogP) is 4.18. The molecule has 0 spiro atoms. The quantitative estimate of drug-likeness (QED) is 0.834. The molecule has 4 heteroatoms. The van der Waals surface area contributed by atoms with Crippen LogP contribution in [0.4, 0.5) is 0 Å². The topological polar surface area (TPSA) is 29.1 Å². The molecule has 0 heterocycles. The van der Waals surface area contributed by atoms with Crippen LogP contribution in [0.1, 0.15) is 41.6 Å². The van der Waals surface area contributed by atoms with Gasteiger partial charge in [0.25, 0.3) is 5.91 Å². The van der Waals surface area contributed by atoms with E-state index in [2.05, 4.69) is 5.32 Å². The van der Waals surface area contributed by atoms with Crippen molar-refractivity contribution < 1.29 is 4.79 Å². The highest BCUT2D eigenvalue weighted by Gasteiger charge is 2.20. The van der Waals surface area contributed by atoms with Gasteiger partial charge in [-0.2, -0.15) is 0 Å². The van der Waals surface area contributed by atoms with Crippen molar-refractivity contribution in [3.63, 3.8) is 0 Å². The van der Waals surface area contributed by atoms with Crippen molar-refractivity contribution in [1.82, 2.24) is 5.32 Å². The lowest BCUT2D eigenvalue weighted by molar-refractivity contribution is 0.0943. The minimum atomic E-state index is -0.0430. The van der Waals surface area contributed by atoms with Crippen LogP contribution in [0.3, 0.4) is 0 Å². The summed E-state index contributed by atoms with van der Waals surface area (Å²) in [5.74, 6) is 0.512. The van der Waals surface area contributed by atoms with Crippen molar-refractivity contribution in [2.75, 3.05) is 6.54 Å². The second-order valence-corrected chi connectivity index (χ2v) is 6.40. The van der Waals surface area contributed by atoms with Crippen LogP contribution in [0.25, 0.3) is 0 Å². The van der Waals surface area contributed by atoms with E-state index in [4.69, 9.17) is 23.2 Å². The molecule has 1 aliphatic carbocycles. The second kappa shape index (κ2) is 6.62. The molecule has 19 heavy (non-hydrogen) atoms. The Labute approximate surface area is 124 Å². The van der Waals surface area contributed by atoms with E-state index in [-0.39, 0.29) is 5.91 Å². The molecule has 1 aliphatic rings. The molecule has 2 rings (SSSR count). The Morgan fingerprint density at radius 3 is 2.58 bits per heavy atom. The number of halogens is 2. The molecule has 0 saturated heterocycles. The second-order valence-electron chi connectivity index (χ2n) is 5.35. The summed E-state index contributed by atoms with van der Waals surface area (Å²) in [6.07, 6.45) is 4.31. The summed E-state index contributed by atoms with van der Waals surface area (Å²) in [5, 5.41) is 3.92. The molecule has 1 aromatic carbocycles. The number of carbonyl (C=O) groups excluding carboxylic acids is 1. The van der Waals surface area contributed by atoms with Crippen LogP contribution in [0.15, 0.2) is 18.2 Å². The molecule has 0 radical (unpaired) electrons. The number of amides is 1. The Kier molecular flexibility index (Phi) is 5.12. The highest BCUT2D eigenvalue weighted by Crippen LogP contribution is 2.27. The minimum absolute atomic E-state index is 0.0430. The van der Waals surface area contributed by atoms with Gasteiger partial charge in [-0.15, -0.1) is 11.6 Å². The Morgan fingerprint density at radius 2 is 1.95 bits per heavy atom. The number of nitrogens with one attached hydrogen (secondary N) is 1. The van der Waals surface area contributed by atoms with E-state index < -0.39 is 0 Å². The van der Waals surface area contributed by atoms with E-state index in [1.807, 2.05) is 19.1 Å². The SMILES string of the molecule is Cc1cc(Cl)cc(C(=O)NCC2CCC(Cl)CC2)c1. The van der Waals surface area contributed by atoms with Crippen LogP contribution in [0.2, 0.25) is 5.02 Å². The zero-order valence-corrected chi connectivity index (χ0v) is 12.6. The first kappa shape index (κ1) is 14.7. The van der Waals surface area contributed by atoms with Crippen LogP contribution in [-0.2, 0) is 0 Å². The largest absolute Gasteiger partial charge is 0.352 e. The maximum Gasteiger partial charge on any atom is 0.251 e. The molecule has 0 bridgehead atoms. The fraction of sp³-hybridized carbons (Fsp3) is 0.533. The van der Waals surface area contributed by atoms with E-state index in [1.165, 1.54) is 0 Å². The van der Waals surface area contributed by atoms with Crippen molar-refractivity contribution >= 4 is 29.1 Å². The Balaban J connectivity index is 1.87.